The van der Waals surface area contributed by atoms with Crippen molar-refractivity contribution in [1.82, 2.24) is 10.3 Å². The van der Waals surface area contributed by atoms with Gasteiger partial charge in [0.25, 0.3) is 15.9 Å². The van der Waals surface area contributed by atoms with Gasteiger partial charge in [-0.2, -0.15) is 0 Å². The van der Waals surface area contributed by atoms with Crippen molar-refractivity contribution in [3.8, 4) is 0 Å². The van der Waals surface area contributed by atoms with Crippen LogP contribution in [-0.2, 0) is 22.9 Å². The summed E-state index contributed by atoms with van der Waals surface area (Å²) in [6.07, 6.45) is 3.10. The van der Waals surface area contributed by atoms with Gasteiger partial charge in [-0.3, -0.25) is 10.2 Å². The van der Waals surface area contributed by atoms with Crippen LogP contribution in [0.15, 0.2) is 29.2 Å². The van der Waals surface area contributed by atoms with Gasteiger partial charge in [0.1, 0.15) is 0 Å². The second-order valence-electron chi connectivity index (χ2n) is 6.74. The Morgan fingerprint density at radius 3 is 2.72 bits per heavy atom. The molecule has 1 atom stereocenters. The molecule has 0 radical (unpaired) electrons. The number of thiophene rings is 1. The monoisotopic (exact) mass is 378 g/mol. The van der Waals surface area contributed by atoms with Crippen molar-refractivity contribution < 1.29 is 13.2 Å². The Kier molecular flexibility index (Phi) is 4.99. The zero-order valence-electron chi connectivity index (χ0n) is 14.5. The summed E-state index contributed by atoms with van der Waals surface area (Å²) >= 11 is 1.45. The van der Waals surface area contributed by atoms with Gasteiger partial charge in [-0.05, 0) is 62.3 Å². The first-order valence-corrected chi connectivity index (χ1v) is 10.6. The molecule has 1 aliphatic carbocycles. The van der Waals surface area contributed by atoms with Gasteiger partial charge < -0.3 is 0 Å². The van der Waals surface area contributed by atoms with Gasteiger partial charge in [0.05, 0.1) is 9.77 Å². The first-order chi connectivity index (χ1) is 11.8. The number of aryl methyl sites for hydroxylation is 3. The topological polar surface area (TPSA) is 75.3 Å². The molecule has 0 saturated heterocycles. The van der Waals surface area contributed by atoms with Gasteiger partial charge in [-0.15, -0.1) is 16.2 Å². The molecule has 25 heavy (non-hydrogen) atoms. The van der Waals surface area contributed by atoms with Gasteiger partial charge in [0.15, 0.2) is 0 Å². The zero-order chi connectivity index (χ0) is 18.2. The van der Waals surface area contributed by atoms with Crippen molar-refractivity contribution in [2.45, 2.75) is 44.9 Å². The van der Waals surface area contributed by atoms with E-state index in [1.165, 1.54) is 21.8 Å². The Morgan fingerprint density at radius 2 is 2.00 bits per heavy atom. The lowest BCUT2D eigenvalue weighted by Crippen LogP contribution is -2.41. The van der Waals surface area contributed by atoms with Crippen LogP contribution in [0.5, 0.6) is 0 Å². The average Bonchev–Trinajstić information content (AvgIpc) is 2.95. The number of hydrogen-bond acceptors (Lipinski definition) is 4. The fourth-order valence-corrected chi connectivity index (χ4v) is 5.32. The summed E-state index contributed by atoms with van der Waals surface area (Å²) in [5.41, 5.74) is 5.17. The van der Waals surface area contributed by atoms with E-state index in [1.54, 1.807) is 25.1 Å². The van der Waals surface area contributed by atoms with Crippen molar-refractivity contribution in [1.29, 1.82) is 0 Å². The Labute approximate surface area is 152 Å². The van der Waals surface area contributed by atoms with Crippen molar-refractivity contribution in [2.75, 3.05) is 0 Å². The fourth-order valence-electron chi connectivity index (χ4n) is 3.15. The molecule has 0 aliphatic heterocycles. The second-order valence-corrected chi connectivity index (χ2v) is 9.52. The predicted octanol–water partition coefficient (Wildman–Crippen LogP) is 3.11. The van der Waals surface area contributed by atoms with Gasteiger partial charge in [-0.25, -0.2) is 8.42 Å². The maximum Gasteiger partial charge on any atom is 0.276 e. The van der Waals surface area contributed by atoms with E-state index in [0.29, 0.717) is 16.4 Å². The SMILES string of the molecule is Cc1ccc(S(=O)(=O)NNC(=O)c2cc3c(s2)CC[C@H](C)C3)c(C)c1. The van der Waals surface area contributed by atoms with Gasteiger partial charge in [0, 0.05) is 4.88 Å². The van der Waals surface area contributed by atoms with Gasteiger partial charge in [-0.1, -0.05) is 24.6 Å². The lowest BCUT2D eigenvalue weighted by molar-refractivity contribution is 0.0949. The first kappa shape index (κ1) is 18.1. The van der Waals surface area contributed by atoms with Crippen LogP contribution >= 0.6 is 11.3 Å². The maximum atomic E-state index is 12.4. The molecule has 134 valence electrons. The van der Waals surface area contributed by atoms with Crippen LogP contribution < -0.4 is 10.3 Å². The molecule has 2 aromatic rings. The number of fused-ring (bicyclic) bond motifs is 1. The van der Waals surface area contributed by atoms with Crippen LogP contribution in [0.1, 0.15) is 44.6 Å². The molecule has 1 aromatic heterocycles. The molecule has 5 nitrogen and oxygen atoms in total. The third-order valence-electron chi connectivity index (χ3n) is 4.47. The van der Waals surface area contributed by atoms with Crippen molar-refractivity contribution in [2.24, 2.45) is 5.92 Å². The molecule has 7 heteroatoms. The molecule has 0 fully saturated rings. The minimum absolute atomic E-state index is 0.165. The van der Waals surface area contributed by atoms with Crippen LogP contribution in [0, 0.1) is 19.8 Å². The predicted molar refractivity (Wildman–Crippen MR) is 99.2 cm³/mol. The maximum absolute atomic E-state index is 12.4. The number of carbonyl (C=O) groups excluding carboxylic acids is 1. The van der Waals surface area contributed by atoms with Gasteiger partial charge in [0.2, 0.25) is 0 Å². The quantitative estimate of drug-likeness (QED) is 0.803. The smallest absolute Gasteiger partial charge is 0.273 e. The zero-order valence-corrected chi connectivity index (χ0v) is 16.2. The number of hydrogen-bond donors (Lipinski definition) is 2. The molecule has 1 amide bonds. The van der Waals surface area contributed by atoms with E-state index in [9.17, 15) is 13.2 Å². The van der Waals surface area contributed by atoms with E-state index in [4.69, 9.17) is 0 Å². The van der Waals surface area contributed by atoms with E-state index in [2.05, 4.69) is 17.2 Å². The van der Waals surface area contributed by atoms with Crippen molar-refractivity contribution >= 4 is 27.3 Å². The normalized spacial score (nSPS) is 17.2. The lowest BCUT2D eigenvalue weighted by Gasteiger charge is -2.16. The highest BCUT2D eigenvalue weighted by molar-refractivity contribution is 7.89. The number of carbonyl (C=O) groups is 1. The Balaban J connectivity index is 1.71. The molecule has 1 aromatic carbocycles. The van der Waals surface area contributed by atoms with Crippen LogP contribution in [0.4, 0.5) is 0 Å². The standard InChI is InChI=1S/C18H22N2O3S2/c1-11-5-7-17(13(3)8-11)25(22,23)20-19-18(21)16-10-14-9-12(2)4-6-15(14)24-16/h5,7-8,10,12,20H,4,6,9H2,1-3H3,(H,19,21)/t12-/m0/s1. The highest BCUT2D eigenvalue weighted by Gasteiger charge is 2.22. The number of nitrogens with one attached hydrogen (secondary N) is 2. The Morgan fingerprint density at radius 1 is 1.24 bits per heavy atom. The number of hydrazine groups is 1. The molecule has 1 heterocycles. The minimum Gasteiger partial charge on any atom is -0.273 e. The molecule has 3 rings (SSSR count). The lowest BCUT2D eigenvalue weighted by atomic mass is 9.90. The van der Waals surface area contributed by atoms with Crippen LogP contribution in [-0.4, -0.2) is 14.3 Å². The van der Waals surface area contributed by atoms with E-state index < -0.39 is 15.9 Å². The molecule has 0 unspecified atom stereocenters. The van der Waals surface area contributed by atoms with Crippen LogP contribution in [0.3, 0.4) is 0 Å². The van der Waals surface area contributed by atoms with Crippen LogP contribution in [0.25, 0.3) is 0 Å². The largest absolute Gasteiger partial charge is 0.276 e. The number of benzene rings is 1. The molecule has 0 saturated carbocycles. The fraction of sp³-hybridized carbons (Fsp3) is 0.389. The van der Waals surface area contributed by atoms with Crippen LogP contribution in [0.2, 0.25) is 0 Å². The number of rotatable bonds is 4. The van der Waals surface area contributed by atoms with Crippen molar-refractivity contribution in [3.63, 3.8) is 0 Å². The summed E-state index contributed by atoms with van der Waals surface area (Å²) in [4.78, 5) is 16.5. The van der Waals surface area contributed by atoms with E-state index in [-0.39, 0.29) is 4.90 Å². The molecular weight excluding hydrogens is 356 g/mol. The molecule has 0 spiro atoms. The third kappa shape index (κ3) is 3.94. The third-order valence-corrected chi connectivity index (χ3v) is 7.12. The highest BCUT2D eigenvalue weighted by atomic mass is 32.2. The summed E-state index contributed by atoms with van der Waals surface area (Å²) in [5.74, 6) is 0.210. The molecular formula is C18H22N2O3S2. The first-order valence-electron chi connectivity index (χ1n) is 8.27. The summed E-state index contributed by atoms with van der Waals surface area (Å²) in [5, 5.41) is 0. The van der Waals surface area contributed by atoms with Gasteiger partial charge >= 0.3 is 0 Å². The molecule has 2 N–H and O–H groups in total. The summed E-state index contributed by atoms with van der Waals surface area (Å²) < 4.78 is 24.8. The summed E-state index contributed by atoms with van der Waals surface area (Å²) in [6, 6.07) is 6.96. The Bertz CT molecular complexity index is 916. The minimum atomic E-state index is -3.80. The number of amides is 1. The second kappa shape index (κ2) is 6.90. The molecule has 1 aliphatic rings. The summed E-state index contributed by atoms with van der Waals surface area (Å²) in [6.45, 7) is 5.84. The van der Waals surface area contributed by atoms with Crippen molar-refractivity contribution in [3.05, 3.63) is 50.7 Å². The average molecular weight is 379 g/mol. The Hall–Kier alpha value is -1.70. The number of sulfonamides is 1. The summed E-state index contributed by atoms with van der Waals surface area (Å²) in [7, 11) is -3.80. The van der Waals surface area contributed by atoms with E-state index in [0.717, 1.165) is 24.8 Å². The van der Waals surface area contributed by atoms with E-state index in [1.807, 2.05) is 13.0 Å². The molecule has 0 bridgehead atoms. The van der Waals surface area contributed by atoms with E-state index >= 15 is 0 Å². The highest BCUT2D eigenvalue weighted by Crippen LogP contribution is 2.32.